The van der Waals surface area contributed by atoms with Gasteiger partial charge in [0.2, 0.25) is 0 Å². The van der Waals surface area contributed by atoms with Gasteiger partial charge >= 0.3 is 0 Å². The zero-order chi connectivity index (χ0) is 7.40. The molecule has 0 N–H and O–H groups in total. The Morgan fingerprint density at radius 3 is 2.90 bits per heavy atom. The SMILES string of the molecule is C=CC[C@@H]1CCC[C@H]1C=O. The Morgan fingerprint density at radius 1 is 1.50 bits per heavy atom. The van der Waals surface area contributed by atoms with Crippen molar-refractivity contribution in [3.05, 3.63) is 12.7 Å². The average Bonchev–Trinajstić information content (AvgIpc) is 2.36. The van der Waals surface area contributed by atoms with Crippen molar-refractivity contribution in [3.63, 3.8) is 0 Å². The number of hydrogen-bond acceptors (Lipinski definition) is 1. The van der Waals surface area contributed by atoms with Gasteiger partial charge in [-0.15, -0.1) is 6.58 Å². The van der Waals surface area contributed by atoms with Gasteiger partial charge in [-0.3, -0.25) is 0 Å². The molecule has 56 valence electrons. The van der Waals surface area contributed by atoms with E-state index in [-0.39, 0.29) is 0 Å². The quantitative estimate of drug-likeness (QED) is 0.431. The van der Waals surface area contributed by atoms with Gasteiger partial charge < -0.3 is 4.79 Å². The molecule has 1 nitrogen and oxygen atoms in total. The molecule has 1 heteroatoms. The van der Waals surface area contributed by atoms with Crippen LogP contribution >= 0.6 is 0 Å². The van der Waals surface area contributed by atoms with Crippen molar-refractivity contribution in [1.29, 1.82) is 0 Å². The van der Waals surface area contributed by atoms with E-state index in [0.29, 0.717) is 11.8 Å². The number of aldehydes is 1. The molecule has 0 unspecified atom stereocenters. The van der Waals surface area contributed by atoms with Crippen LogP contribution in [0.3, 0.4) is 0 Å². The topological polar surface area (TPSA) is 17.1 Å². The fraction of sp³-hybridized carbons (Fsp3) is 0.667. The Bertz CT molecular complexity index is 129. The predicted molar refractivity (Wildman–Crippen MR) is 41.7 cm³/mol. The van der Waals surface area contributed by atoms with E-state index in [4.69, 9.17) is 0 Å². The lowest BCUT2D eigenvalue weighted by atomic mass is 9.94. The van der Waals surface area contributed by atoms with Crippen LogP contribution in [0.5, 0.6) is 0 Å². The third-order valence-corrected chi connectivity index (χ3v) is 2.36. The predicted octanol–water partition coefficient (Wildman–Crippen LogP) is 2.18. The van der Waals surface area contributed by atoms with Gasteiger partial charge in [0.1, 0.15) is 6.29 Å². The molecule has 1 fully saturated rings. The first-order valence-electron chi connectivity index (χ1n) is 3.94. The molecule has 0 amide bonds. The van der Waals surface area contributed by atoms with Gasteiger partial charge in [0.05, 0.1) is 0 Å². The molecule has 2 atom stereocenters. The van der Waals surface area contributed by atoms with Gasteiger partial charge in [-0.1, -0.05) is 12.5 Å². The first kappa shape index (κ1) is 7.52. The Morgan fingerprint density at radius 2 is 2.30 bits per heavy atom. The van der Waals surface area contributed by atoms with Crippen molar-refractivity contribution in [3.8, 4) is 0 Å². The van der Waals surface area contributed by atoms with Crippen LogP contribution in [0.4, 0.5) is 0 Å². The lowest BCUT2D eigenvalue weighted by Crippen LogP contribution is -2.07. The summed E-state index contributed by atoms with van der Waals surface area (Å²) >= 11 is 0. The van der Waals surface area contributed by atoms with Gasteiger partial charge in [-0.2, -0.15) is 0 Å². The molecule has 0 saturated heterocycles. The molecular weight excluding hydrogens is 124 g/mol. The van der Waals surface area contributed by atoms with Crippen LogP contribution in [0.25, 0.3) is 0 Å². The molecule has 0 bridgehead atoms. The second-order valence-corrected chi connectivity index (χ2v) is 3.02. The molecule has 0 aromatic carbocycles. The maximum Gasteiger partial charge on any atom is 0.123 e. The Hall–Kier alpha value is -0.590. The number of rotatable bonds is 3. The first-order valence-corrected chi connectivity index (χ1v) is 3.94. The van der Waals surface area contributed by atoms with Crippen LogP contribution in [0, 0.1) is 11.8 Å². The minimum Gasteiger partial charge on any atom is -0.303 e. The van der Waals surface area contributed by atoms with Crippen LogP contribution in [-0.2, 0) is 4.79 Å². The summed E-state index contributed by atoms with van der Waals surface area (Å²) in [5.41, 5.74) is 0. The molecule has 0 heterocycles. The molecule has 1 rings (SSSR count). The molecule has 0 aliphatic heterocycles. The normalized spacial score (nSPS) is 32.0. The maximum atomic E-state index is 10.5. The highest BCUT2D eigenvalue weighted by molar-refractivity contribution is 5.54. The Balaban J connectivity index is 2.41. The van der Waals surface area contributed by atoms with Gasteiger partial charge in [0.15, 0.2) is 0 Å². The van der Waals surface area contributed by atoms with E-state index in [0.717, 1.165) is 19.1 Å². The number of allylic oxidation sites excluding steroid dienone is 1. The summed E-state index contributed by atoms with van der Waals surface area (Å²) in [7, 11) is 0. The van der Waals surface area contributed by atoms with Crippen LogP contribution in [0.2, 0.25) is 0 Å². The van der Waals surface area contributed by atoms with E-state index < -0.39 is 0 Å². The second kappa shape index (κ2) is 3.55. The van der Waals surface area contributed by atoms with Gasteiger partial charge in [-0.05, 0) is 25.2 Å². The van der Waals surface area contributed by atoms with E-state index in [1.165, 1.54) is 12.8 Å². The summed E-state index contributed by atoms with van der Waals surface area (Å²) < 4.78 is 0. The summed E-state index contributed by atoms with van der Waals surface area (Å²) in [4.78, 5) is 10.5. The first-order chi connectivity index (χ1) is 4.88. The number of hydrogen-bond donors (Lipinski definition) is 0. The summed E-state index contributed by atoms with van der Waals surface area (Å²) in [6.45, 7) is 3.68. The van der Waals surface area contributed by atoms with E-state index in [2.05, 4.69) is 6.58 Å². The summed E-state index contributed by atoms with van der Waals surface area (Å²) in [6.07, 6.45) is 7.59. The van der Waals surface area contributed by atoms with Crippen LogP contribution in [0.1, 0.15) is 25.7 Å². The van der Waals surface area contributed by atoms with Gasteiger partial charge in [0.25, 0.3) is 0 Å². The minimum atomic E-state index is 0.331. The summed E-state index contributed by atoms with van der Waals surface area (Å²) in [6, 6.07) is 0. The van der Waals surface area contributed by atoms with E-state index >= 15 is 0 Å². The van der Waals surface area contributed by atoms with Crippen molar-refractivity contribution in [1.82, 2.24) is 0 Å². The molecule has 1 aliphatic rings. The third kappa shape index (κ3) is 1.47. The van der Waals surface area contributed by atoms with Crippen molar-refractivity contribution < 1.29 is 4.79 Å². The smallest absolute Gasteiger partial charge is 0.123 e. The van der Waals surface area contributed by atoms with E-state index in [9.17, 15) is 4.79 Å². The van der Waals surface area contributed by atoms with Crippen molar-refractivity contribution >= 4 is 6.29 Å². The zero-order valence-electron chi connectivity index (χ0n) is 6.25. The molecule has 10 heavy (non-hydrogen) atoms. The van der Waals surface area contributed by atoms with E-state index in [1.807, 2.05) is 6.08 Å². The lowest BCUT2D eigenvalue weighted by Gasteiger charge is -2.09. The fourth-order valence-corrected chi connectivity index (χ4v) is 1.75. The largest absolute Gasteiger partial charge is 0.303 e. The average molecular weight is 138 g/mol. The number of carbonyl (C=O) groups excluding carboxylic acids is 1. The monoisotopic (exact) mass is 138 g/mol. The van der Waals surface area contributed by atoms with Crippen LogP contribution in [-0.4, -0.2) is 6.29 Å². The van der Waals surface area contributed by atoms with Gasteiger partial charge in [0, 0.05) is 5.92 Å². The van der Waals surface area contributed by atoms with E-state index in [1.54, 1.807) is 0 Å². The van der Waals surface area contributed by atoms with Crippen LogP contribution < -0.4 is 0 Å². The molecule has 0 spiro atoms. The summed E-state index contributed by atoms with van der Waals surface area (Å²) in [5, 5.41) is 0. The zero-order valence-corrected chi connectivity index (χ0v) is 6.25. The minimum absolute atomic E-state index is 0.331. The maximum absolute atomic E-state index is 10.5. The molecule has 0 aromatic heterocycles. The molecular formula is C9H14O. The van der Waals surface area contributed by atoms with Crippen LogP contribution in [0.15, 0.2) is 12.7 Å². The molecule has 0 aromatic rings. The highest BCUT2D eigenvalue weighted by Gasteiger charge is 2.24. The highest BCUT2D eigenvalue weighted by atomic mass is 16.1. The van der Waals surface area contributed by atoms with Gasteiger partial charge in [-0.25, -0.2) is 0 Å². The third-order valence-electron chi connectivity index (χ3n) is 2.36. The fourth-order valence-electron chi connectivity index (χ4n) is 1.75. The molecule has 0 radical (unpaired) electrons. The molecule has 1 saturated carbocycles. The highest BCUT2D eigenvalue weighted by Crippen LogP contribution is 2.32. The number of carbonyl (C=O) groups is 1. The molecule has 1 aliphatic carbocycles. The lowest BCUT2D eigenvalue weighted by molar-refractivity contribution is -0.111. The Kier molecular flexibility index (Phi) is 2.67. The van der Waals surface area contributed by atoms with Crippen molar-refractivity contribution in [2.75, 3.05) is 0 Å². The van der Waals surface area contributed by atoms with Crippen molar-refractivity contribution in [2.45, 2.75) is 25.7 Å². The standard InChI is InChI=1S/C9H14O/c1-2-4-8-5-3-6-9(8)7-10/h2,7-9H,1,3-6H2/t8-,9+/m1/s1. The van der Waals surface area contributed by atoms with Crippen molar-refractivity contribution in [2.24, 2.45) is 11.8 Å². The summed E-state index contributed by atoms with van der Waals surface area (Å²) in [5.74, 6) is 0.938. The second-order valence-electron chi connectivity index (χ2n) is 3.02. The Labute approximate surface area is 62.1 Å².